The van der Waals surface area contributed by atoms with E-state index in [0.29, 0.717) is 17.8 Å². The SMILES string of the molecule is CC(C)(C)[Si](C)(C)O[C@H]1OC[C@@H]2[C@H](CO)[C@H]12. The van der Waals surface area contributed by atoms with Crippen LogP contribution in [0.15, 0.2) is 0 Å². The third-order valence-corrected chi connectivity index (χ3v) is 9.03. The van der Waals surface area contributed by atoms with Crippen molar-refractivity contribution in [3.8, 4) is 0 Å². The van der Waals surface area contributed by atoms with E-state index in [1.165, 1.54) is 0 Å². The maximum atomic E-state index is 9.19. The lowest BCUT2D eigenvalue weighted by Crippen LogP contribution is -2.44. The molecule has 16 heavy (non-hydrogen) atoms. The Bertz CT molecular complexity index is 268. The highest BCUT2D eigenvalue weighted by molar-refractivity contribution is 6.74. The van der Waals surface area contributed by atoms with Gasteiger partial charge in [0.2, 0.25) is 0 Å². The summed E-state index contributed by atoms with van der Waals surface area (Å²) in [5.41, 5.74) is 0. The summed E-state index contributed by atoms with van der Waals surface area (Å²) in [4.78, 5) is 0. The smallest absolute Gasteiger partial charge is 0.195 e. The van der Waals surface area contributed by atoms with Crippen LogP contribution < -0.4 is 0 Å². The third-order valence-electron chi connectivity index (χ3n) is 4.59. The minimum Gasteiger partial charge on any atom is -0.396 e. The molecule has 1 aliphatic heterocycles. The van der Waals surface area contributed by atoms with E-state index in [2.05, 4.69) is 33.9 Å². The number of hydrogen-bond donors (Lipinski definition) is 1. The van der Waals surface area contributed by atoms with Crippen LogP contribution in [0.2, 0.25) is 18.1 Å². The Labute approximate surface area is 99.3 Å². The summed E-state index contributed by atoms with van der Waals surface area (Å²) in [6, 6.07) is 0. The molecule has 2 rings (SSSR count). The van der Waals surface area contributed by atoms with Crippen molar-refractivity contribution in [2.75, 3.05) is 13.2 Å². The van der Waals surface area contributed by atoms with Gasteiger partial charge in [0.1, 0.15) is 0 Å². The molecule has 4 heteroatoms. The summed E-state index contributed by atoms with van der Waals surface area (Å²) < 4.78 is 11.9. The third kappa shape index (κ3) is 1.96. The first kappa shape index (κ1) is 12.6. The Morgan fingerprint density at radius 2 is 2.00 bits per heavy atom. The van der Waals surface area contributed by atoms with Gasteiger partial charge in [-0.05, 0) is 30.0 Å². The fourth-order valence-electron chi connectivity index (χ4n) is 2.27. The molecule has 1 N–H and O–H groups in total. The average molecular weight is 244 g/mol. The highest BCUT2D eigenvalue weighted by Gasteiger charge is 2.60. The predicted octanol–water partition coefficient (Wildman–Crippen LogP) is 2.22. The van der Waals surface area contributed by atoms with Crippen molar-refractivity contribution in [1.82, 2.24) is 0 Å². The lowest BCUT2D eigenvalue weighted by Gasteiger charge is -2.38. The quantitative estimate of drug-likeness (QED) is 0.774. The van der Waals surface area contributed by atoms with Gasteiger partial charge in [0.25, 0.3) is 0 Å². The first-order chi connectivity index (χ1) is 7.28. The fourth-order valence-corrected chi connectivity index (χ4v) is 3.43. The van der Waals surface area contributed by atoms with Gasteiger partial charge in [-0.3, -0.25) is 0 Å². The zero-order chi connectivity index (χ0) is 12.1. The molecular weight excluding hydrogens is 220 g/mol. The molecule has 0 aromatic rings. The predicted molar refractivity (Wildman–Crippen MR) is 65.6 cm³/mol. The molecule has 0 aromatic carbocycles. The maximum Gasteiger partial charge on any atom is 0.195 e. The molecule has 2 aliphatic rings. The van der Waals surface area contributed by atoms with E-state index in [1.807, 2.05) is 0 Å². The van der Waals surface area contributed by atoms with E-state index in [0.717, 1.165) is 6.61 Å². The minimum atomic E-state index is -1.73. The van der Waals surface area contributed by atoms with Crippen molar-refractivity contribution in [3.05, 3.63) is 0 Å². The second-order valence-electron chi connectivity index (χ2n) is 6.67. The minimum absolute atomic E-state index is 0.0527. The zero-order valence-corrected chi connectivity index (χ0v) is 12.0. The molecule has 94 valence electrons. The van der Waals surface area contributed by atoms with Crippen molar-refractivity contribution in [2.24, 2.45) is 17.8 Å². The number of hydrogen-bond acceptors (Lipinski definition) is 3. The van der Waals surface area contributed by atoms with Crippen LogP contribution in [0, 0.1) is 17.8 Å². The van der Waals surface area contributed by atoms with Crippen molar-refractivity contribution in [2.45, 2.75) is 45.2 Å². The van der Waals surface area contributed by atoms with Crippen molar-refractivity contribution in [1.29, 1.82) is 0 Å². The Balaban J connectivity index is 1.96. The molecule has 1 saturated heterocycles. The molecule has 1 aliphatic carbocycles. The van der Waals surface area contributed by atoms with Gasteiger partial charge in [-0.1, -0.05) is 20.8 Å². The number of aliphatic hydroxyl groups excluding tert-OH is 1. The Morgan fingerprint density at radius 3 is 2.44 bits per heavy atom. The van der Waals surface area contributed by atoms with Crippen LogP contribution in [0.4, 0.5) is 0 Å². The maximum absolute atomic E-state index is 9.19. The summed E-state index contributed by atoms with van der Waals surface area (Å²) in [7, 11) is -1.73. The molecule has 0 radical (unpaired) electrons. The molecule has 0 aromatic heterocycles. The Kier molecular flexibility index (Phi) is 2.98. The van der Waals surface area contributed by atoms with Gasteiger partial charge in [-0.2, -0.15) is 0 Å². The van der Waals surface area contributed by atoms with E-state index < -0.39 is 8.32 Å². The van der Waals surface area contributed by atoms with Gasteiger partial charge >= 0.3 is 0 Å². The highest BCUT2D eigenvalue weighted by atomic mass is 28.4. The Hall–Kier alpha value is 0.0969. The van der Waals surface area contributed by atoms with E-state index >= 15 is 0 Å². The van der Waals surface area contributed by atoms with Crippen LogP contribution in [0.25, 0.3) is 0 Å². The average Bonchev–Trinajstić information content (AvgIpc) is 2.71. The number of fused-ring (bicyclic) bond motifs is 1. The van der Waals surface area contributed by atoms with Crippen LogP contribution >= 0.6 is 0 Å². The highest BCUT2D eigenvalue weighted by Crippen LogP contribution is 2.55. The van der Waals surface area contributed by atoms with Crippen LogP contribution in [0.3, 0.4) is 0 Å². The van der Waals surface area contributed by atoms with E-state index in [9.17, 15) is 5.11 Å². The lowest BCUT2D eigenvalue weighted by atomic mass is 10.2. The Morgan fingerprint density at radius 1 is 1.38 bits per heavy atom. The van der Waals surface area contributed by atoms with Crippen LogP contribution in [0.5, 0.6) is 0 Å². The molecule has 4 atom stereocenters. The monoisotopic (exact) mass is 244 g/mol. The largest absolute Gasteiger partial charge is 0.396 e. The normalized spacial score (nSPS) is 38.6. The van der Waals surface area contributed by atoms with Crippen molar-refractivity contribution >= 4 is 8.32 Å². The van der Waals surface area contributed by atoms with Crippen molar-refractivity contribution in [3.63, 3.8) is 0 Å². The summed E-state index contributed by atoms with van der Waals surface area (Å²) in [5, 5.41) is 9.41. The number of aliphatic hydroxyl groups is 1. The zero-order valence-electron chi connectivity index (χ0n) is 11.0. The molecule has 2 fully saturated rings. The summed E-state index contributed by atoms with van der Waals surface area (Å²) in [6.45, 7) is 12.3. The van der Waals surface area contributed by atoms with Gasteiger partial charge < -0.3 is 14.3 Å². The van der Waals surface area contributed by atoms with E-state index in [1.54, 1.807) is 0 Å². The van der Waals surface area contributed by atoms with Gasteiger partial charge in [0, 0.05) is 12.5 Å². The lowest BCUT2D eigenvalue weighted by molar-refractivity contribution is -0.0811. The molecule has 1 heterocycles. The van der Waals surface area contributed by atoms with Gasteiger partial charge in [-0.25, -0.2) is 0 Å². The molecule has 0 spiro atoms. The second-order valence-corrected chi connectivity index (χ2v) is 11.4. The van der Waals surface area contributed by atoms with Crippen molar-refractivity contribution < 1.29 is 14.3 Å². The summed E-state index contributed by atoms with van der Waals surface area (Å²) in [6.07, 6.45) is -0.0527. The topological polar surface area (TPSA) is 38.7 Å². The van der Waals surface area contributed by atoms with Gasteiger partial charge in [0.05, 0.1) is 6.61 Å². The summed E-state index contributed by atoms with van der Waals surface area (Å²) >= 11 is 0. The number of rotatable bonds is 3. The molecule has 1 saturated carbocycles. The molecule has 3 nitrogen and oxygen atoms in total. The molecular formula is C12H24O3Si. The first-order valence-corrected chi connectivity index (χ1v) is 9.09. The van der Waals surface area contributed by atoms with Crippen LogP contribution in [0.1, 0.15) is 20.8 Å². The van der Waals surface area contributed by atoms with Gasteiger partial charge in [-0.15, -0.1) is 0 Å². The van der Waals surface area contributed by atoms with E-state index in [4.69, 9.17) is 9.16 Å². The molecule has 0 unspecified atom stereocenters. The molecule has 0 bridgehead atoms. The van der Waals surface area contributed by atoms with Crippen LogP contribution in [-0.4, -0.2) is 32.9 Å². The standard InChI is InChI=1S/C12H24O3Si/c1-12(2,3)16(4,5)15-11-10-8(6-13)9(10)7-14-11/h8-11,13H,6-7H2,1-5H3/t8-,9+,10-,11+/m0/s1. The second kappa shape index (κ2) is 3.80. The fraction of sp³-hybridized carbons (Fsp3) is 1.00. The first-order valence-electron chi connectivity index (χ1n) is 6.18. The number of ether oxygens (including phenoxy) is 1. The molecule has 0 amide bonds. The van der Waals surface area contributed by atoms with Gasteiger partial charge in [0.15, 0.2) is 14.6 Å². The van der Waals surface area contributed by atoms with Crippen LogP contribution in [-0.2, 0) is 9.16 Å². The summed E-state index contributed by atoms with van der Waals surface area (Å²) in [5.74, 6) is 1.45. The van der Waals surface area contributed by atoms with E-state index in [-0.39, 0.29) is 17.9 Å².